The Labute approximate surface area is 162 Å². The van der Waals surface area contributed by atoms with Crippen LogP contribution in [0.25, 0.3) is 11.1 Å². The molecule has 0 saturated carbocycles. The zero-order valence-corrected chi connectivity index (χ0v) is 16.2. The molecule has 0 spiro atoms. The minimum Gasteiger partial charge on any atom is -0.448 e. The average molecular weight is 412 g/mol. The number of nitrogens with zero attached hydrogens (tertiary/aromatic N) is 1. The highest BCUT2D eigenvalue weighted by molar-refractivity contribution is 9.09. The van der Waals surface area contributed by atoms with Crippen molar-refractivity contribution in [1.29, 1.82) is 0 Å². The van der Waals surface area contributed by atoms with Gasteiger partial charge in [0, 0.05) is 22.8 Å². The van der Waals surface area contributed by atoms with E-state index in [9.17, 15) is 4.79 Å². The fraction of sp³-hybridized carbons (Fsp3) is 0.409. The lowest BCUT2D eigenvalue weighted by atomic mass is 9.98. The third-order valence-corrected chi connectivity index (χ3v) is 6.97. The quantitative estimate of drug-likeness (QED) is 0.625. The van der Waals surface area contributed by atoms with Crippen LogP contribution >= 0.6 is 15.9 Å². The molecule has 2 unspecified atom stereocenters. The van der Waals surface area contributed by atoms with Crippen LogP contribution < -0.4 is 0 Å². The molecular weight excluding hydrogens is 390 g/mol. The monoisotopic (exact) mass is 411 g/mol. The van der Waals surface area contributed by atoms with Crippen molar-refractivity contribution in [3.63, 3.8) is 0 Å². The van der Waals surface area contributed by atoms with E-state index in [0.29, 0.717) is 23.5 Å². The third kappa shape index (κ3) is 2.58. The van der Waals surface area contributed by atoms with Gasteiger partial charge in [0.2, 0.25) is 0 Å². The number of fused-ring (bicyclic) bond motifs is 5. The number of hydrogen-bond donors (Lipinski definition) is 0. The van der Waals surface area contributed by atoms with E-state index in [1.54, 1.807) is 0 Å². The van der Waals surface area contributed by atoms with Crippen molar-refractivity contribution in [3.05, 3.63) is 59.7 Å². The van der Waals surface area contributed by atoms with Crippen LogP contribution in [0.3, 0.4) is 0 Å². The normalized spacial score (nSPS) is 26.5. The molecule has 2 heterocycles. The van der Waals surface area contributed by atoms with Gasteiger partial charge in [-0.25, -0.2) is 4.79 Å². The molecule has 3 nitrogen and oxygen atoms in total. The summed E-state index contributed by atoms with van der Waals surface area (Å²) in [6, 6.07) is 17.6. The Kier molecular flexibility index (Phi) is 4.04. The molecule has 2 bridgehead atoms. The van der Waals surface area contributed by atoms with Gasteiger partial charge in [0.25, 0.3) is 0 Å². The molecule has 1 amide bonds. The molecule has 1 aliphatic carbocycles. The molecule has 2 aromatic rings. The molecule has 2 aliphatic heterocycles. The highest BCUT2D eigenvalue weighted by atomic mass is 79.9. The number of ether oxygens (including phenoxy) is 1. The fourth-order valence-electron chi connectivity index (χ4n) is 5.08. The SMILES string of the molecule is O=C(OCC1c2ccccc2-c2ccccc21)N1C2CCC1CC(Br)C2. The van der Waals surface area contributed by atoms with E-state index in [4.69, 9.17) is 4.74 Å². The number of alkyl halides is 1. The van der Waals surface area contributed by atoms with Gasteiger partial charge in [-0.15, -0.1) is 0 Å². The first-order chi connectivity index (χ1) is 12.7. The summed E-state index contributed by atoms with van der Waals surface area (Å²) < 4.78 is 5.87. The molecule has 0 radical (unpaired) electrons. The first-order valence-corrected chi connectivity index (χ1v) is 10.4. The number of carbonyl (C=O) groups excluding carboxylic acids is 1. The zero-order chi connectivity index (χ0) is 17.7. The molecule has 2 saturated heterocycles. The van der Waals surface area contributed by atoms with E-state index < -0.39 is 0 Å². The molecule has 2 aromatic carbocycles. The second-order valence-corrected chi connectivity index (χ2v) is 8.96. The van der Waals surface area contributed by atoms with Gasteiger partial charge < -0.3 is 9.64 Å². The van der Waals surface area contributed by atoms with Crippen LogP contribution in [0, 0.1) is 0 Å². The van der Waals surface area contributed by atoms with Crippen molar-refractivity contribution in [3.8, 4) is 11.1 Å². The maximum atomic E-state index is 12.8. The zero-order valence-electron chi connectivity index (χ0n) is 14.6. The Morgan fingerprint density at radius 3 is 2.08 bits per heavy atom. The van der Waals surface area contributed by atoms with E-state index in [-0.39, 0.29) is 12.0 Å². The first-order valence-electron chi connectivity index (χ1n) is 9.49. The van der Waals surface area contributed by atoms with Gasteiger partial charge in [-0.1, -0.05) is 64.5 Å². The summed E-state index contributed by atoms with van der Waals surface area (Å²) in [6.45, 7) is 0.417. The number of benzene rings is 2. The Hall–Kier alpha value is -1.81. The lowest BCUT2D eigenvalue weighted by Crippen LogP contribution is -2.47. The summed E-state index contributed by atoms with van der Waals surface area (Å²) >= 11 is 3.74. The molecule has 0 aromatic heterocycles. The van der Waals surface area contributed by atoms with Gasteiger partial charge in [0.15, 0.2) is 0 Å². The van der Waals surface area contributed by atoms with Gasteiger partial charge in [-0.2, -0.15) is 0 Å². The average Bonchev–Trinajstić information content (AvgIpc) is 3.12. The van der Waals surface area contributed by atoms with E-state index in [0.717, 1.165) is 25.7 Å². The predicted octanol–water partition coefficient (Wildman–Crippen LogP) is 5.33. The van der Waals surface area contributed by atoms with E-state index in [1.165, 1.54) is 22.3 Å². The second kappa shape index (κ2) is 6.41. The Morgan fingerprint density at radius 1 is 0.962 bits per heavy atom. The van der Waals surface area contributed by atoms with Crippen molar-refractivity contribution in [2.75, 3.05) is 6.61 Å². The van der Waals surface area contributed by atoms with E-state index >= 15 is 0 Å². The molecule has 2 atom stereocenters. The lowest BCUT2D eigenvalue weighted by molar-refractivity contribution is 0.0696. The summed E-state index contributed by atoms with van der Waals surface area (Å²) in [5, 5.41) is 0. The number of halogens is 1. The smallest absolute Gasteiger partial charge is 0.410 e. The summed E-state index contributed by atoms with van der Waals surface area (Å²) in [5.41, 5.74) is 5.07. The predicted molar refractivity (Wildman–Crippen MR) is 106 cm³/mol. The van der Waals surface area contributed by atoms with E-state index in [1.807, 2.05) is 4.90 Å². The van der Waals surface area contributed by atoms with Crippen molar-refractivity contribution in [2.24, 2.45) is 0 Å². The fourth-order valence-corrected chi connectivity index (χ4v) is 5.94. The highest BCUT2D eigenvalue weighted by Crippen LogP contribution is 2.45. The Bertz CT molecular complexity index is 792. The van der Waals surface area contributed by atoms with Crippen molar-refractivity contribution < 1.29 is 9.53 Å². The van der Waals surface area contributed by atoms with Gasteiger partial charge in [-0.3, -0.25) is 0 Å². The van der Waals surface area contributed by atoms with Gasteiger partial charge >= 0.3 is 6.09 Å². The number of piperidine rings is 1. The number of amides is 1. The van der Waals surface area contributed by atoms with Crippen LogP contribution in [0.15, 0.2) is 48.5 Å². The van der Waals surface area contributed by atoms with Crippen molar-refractivity contribution in [1.82, 2.24) is 4.90 Å². The minimum absolute atomic E-state index is 0.126. The maximum Gasteiger partial charge on any atom is 0.410 e. The molecule has 26 heavy (non-hydrogen) atoms. The molecule has 0 N–H and O–H groups in total. The third-order valence-electron chi connectivity index (χ3n) is 6.22. The first kappa shape index (κ1) is 16.4. The number of rotatable bonds is 2. The van der Waals surface area contributed by atoms with Gasteiger partial charge in [0.1, 0.15) is 6.61 Å². The molecule has 134 valence electrons. The largest absolute Gasteiger partial charge is 0.448 e. The van der Waals surface area contributed by atoms with Gasteiger partial charge in [-0.05, 0) is 47.9 Å². The number of carbonyl (C=O) groups is 1. The van der Waals surface area contributed by atoms with Crippen LogP contribution in [-0.4, -0.2) is 34.5 Å². The maximum absolute atomic E-state index is 12.8. The summed E-state index contributed by atoms with van der Waals surface area (Å²) in [4.78, 5) is 15.4. The van der Waals surface area contributed by atoms with Crippen LogP contribution in [0.2, 0.25) is 0 Å². The molecule has 3 aliphatic rings. The Morgan fingerprint density at radius 2 is 1.50 bits per heavy atom. The molecule has 2 fully saturated rings. The topological polar surface area (TPSA) is 29.5 Å². The molecule has 4 heteroatoms. The van der Waals surface area contributed by atoms with Crippen LogP contribution in [-0.2, 0) is 4.74 Å². The second-order valence-electron chi connectivity index (χ2n) is 7.66. The summed E-state index contributed by atoms with van der Waals surface area (Å²) in [7, 11) is 0. The molecule has 5 rings (SSSR count). The highest BCUT2D eigenvalue weighted by Gasteiger charge is 2.43. The molecular formula is C22H22BrNO2. The summed E-state index contributed by atoms with van der Waals surface area (Å²) in [6.07, 6.45) is 4.17. The van der Waals surface area contributed by atoms with Crippen LogP contribution in [0.1, 0.15) is 42.7 Å². The van der Waals surface area contributed by atoms with Gasteiger partial charge in [0.05, 0.1) is 0 Å². The lowest BCUT2D eigenvalue weighted by Gasteiger charge is -2.36. The minimum atomic E-state index is -0.126. The van der Waals surface area contributed by atoms with Crippen LogP contribution in [0.5, 0.6) is 0 Å². The number of hydrogen-bond acceptors (Lipinski definition) is 2. The van der Waals surface area contributed by atoms with Crippen LogP contribution in [0.4, 0.5) is 4.79 Å². The Balaban J connectivity index is 1.35. The van der Waals surface area contributed by atoms with E-state index in [2.05, 4.69) is 64.5 Å². The van der Waals surface area contributed by atoms with Crippen molar-refractivity contribution in [2.45, 2.75) is 48.5 Å². The standard InChI is InChI=1S/C22H22BrNO2/c23-14-11-15-9-10-16(12-14)24(15)22(25)26-13-21-19-7-3-1-5-17(19)18-6-2-4-8-20(18)21/h1-8,14-16,21H,9-13H2. The summed E-state index contributed by atoms with van der Waals surface area (Å²) in [5.74, 6) is 0.137. The van der Waals surface area contributed by atoms with Crippen molar-refractivity contribution >= 4 is 22.0 Å².